The number of fused-ring (bicyclic) bond motifs is 1. The highest BCUT2D eigenvalue weighted by Gasteiger charge is 2.18. The van der Waals surface area contributed by atoms with E-state index < -0.39 is 5.97 Å². The highest BCUT2D eigenvalue weighted by Crippen LogP contribution is 2.28. The van der Waals surface area contributed by atoms with Crippen molar-refractivity contribution in [2.45, 2.75) is 6.42 Å². The fourth-order valence-electron chi connectivity index (χ4n) is 2.11. The molecule has 2 N–H and O–H groups in total. The molecule has 3 rings (SSSR count). The molecule has 1 aliphatic heterocycles. The molecule has 0 radical (unpaired) electrons. The van der Waals surface area contributed by atoms with Crippen LogP contribution in [0.5, 0.6) is 0 Å². The lowest BCUT2D eigenvalue weighted by atomic mass is 10.0. The van der Waals surface area contributed by atoms with Crippen LogP contribution < -0.4 is 5.32 Å². The number of nitrogens with one attached hydrogen (secondary N) is 1. The Morgan fingerprint density at radius 2 is 2.11 bits per heavy atom. The highest BCUT2D eigenvalue weighted by molar-refractivity contribution is 5.99. The summed E-state index contributed by atoms with van der Waals surface area (Å²) in [6.07, 6.45) is 1.82. The predicted molar refractivity (Wildman–Crippen MR) is 69.0 cm³/mol. The molecule has 1 aromatic carbocycles. The van der Waals surface area contributed by atoms with Crippen molar-refractivity contribution >= 4 is 17.6 Å². The average molecular weight is 254 g/mol. The van der Waals surface area contributed by atoms with E-state index in [1.807, 2.05) is 18.2 Å². The minimum absolute atomic E-state index is 0.0283. The Bertz CT molecular complexity index is 695. The van der Waals surface area contributed by atoms with Crippen LogP contribution in [0.1, 0.15) is 15.9 Å². The van der Waals surface area contributed by atoms with Crippen LogP contribution in [0.2, 0.25) is 0 Å². The number of hydrogen-bond acceptors (Lipinski definition) is 3. The molecule has 2 aromatic rings. The smallest absolute Gasteiger partial charge is 0.335 e. The molecule has 0 saturated heterocycles. The number of carbonyl (C=O) groups is 2. The lowest BCUT2D eigenvalue weighted by Gasteiger charge is -2.04. The van der Waals surface area contributed by atoms with Crippen molar-refractivity contribution in [3.8, 4) is 11.3 Å². The summed E-state index contributed by atoms with van der Waals surface area (Å²) >= 11 is 0. The first-order chi connectivity index (χ1) is 9.13. The molecule has 0 aliphatic carbocycles. The topological polar surface area (TPSA) is 79.3 Å². The van der Waals surface area contributed by atoms with E-state index >= 15 is 0 Å². The summed E-state index contributed by atoms with van der Waals surface area (Å²) in [6, 6.07) is 8.46. The monoisotopic (exact) mass is 254 g/mol. The van der Waals surface area contributed by atoms with Crippen LogP contribution in [-0.2, 0) is 11.2 Å². The molecule has 1 amide bonds. The number of carboxylic acids is 1. The average Bonchev–Trinajstić information content (AvgIpc) is 2.77. The number of carbonyl (C=O) groups excluding carboxylic acids is 1. The molecule has 19 heavy (non-hydrogen) atoms. The fourth-order valence-corrected chi connectivity index (χ4v) is 2.11. The zero-order valence-corrected chi connectivity index (χ0v) is 9.88. The van der Waals surface area contributed by atoms with Crippen molar-refractivity contribution in [1.82, 2.24) is 4.98 Å². The van der Waals surface area contributed by atoms with Crippen molar-refractivity contribution in [1.29, 1.82) is 0 Å². The Balaban J connectivity index is 2.04. The maximum Gasteiger partial charge on any atom is 0.335 e. The SMILES string of the molecule is O=C1Cc2cc(-c3cc(C(=O)O)ccn3)ccc2N1. The molecule has 2 heterocycles. The van der Waals surface area contributed by atoms with E-state index in [4.69, 9.17) is 5.11 Å². The van der Waals surface area contributed by atoms with Crippen LogP contribution >= 0.6 is 0 Å². The van der Waals surface area contributed by atoms with E-state index in [9.17, 15) is 9.59 Å². The van der Waals surface area contributed by atoms with Gasteiger partial charge in [0.1, 0.15) is 0 Å². The molecule has 94 valence electrons. The van der Waals surface area contributed by atoms with Gasteiger partial charge < -0.3 is 10.4 Å². The Morgan fingerprint density at radius 1 is 1.26 bits per heavy atom. The van der Waals surface area contributed by atoms with Gasteiger partial charge in [0.2, 0.25) is 5.91 Å². The molecule has 0 atom stereocenters. The van der Waals surface area contributed by atoms with Gasteiger partial charge in [-0.25, -0.2) is 4.79 Å². The van der Waals surface area contributed by atoms with E-state index in [1.54, 1.807) is 0 Å². The molecule has 0 saturated carbocycles. The van der Waals surface area contributed by atoms with Crippen LogP contribution in [0.15, 0.2) is 36.5 Å². The third-order valence-corrected chi connectivity index (χ3v) is 3.03. The standard InChI is InChI=1S/C14H10N2O3/c17-13-7-10-5-8(1-2-11(10)16-13)12-6-9(14(18)19)3-4-15-12/h1-6H,7H2,(H,16,17)(H,18,19). The molecule has 5 heteroatoms. The zero-order valence-electron chi connectivity index (χ0n) is 9.88. The number of benzene rings is 1. The summed E-state index contributed by atoms with van der Waals surface area (Å²) in [5.74, 6) is -1.01. The van der Waals surface area contributed by atoms with Crippen molar-refractivity contribution in [2.24, 2.45) is 0 Å². The fraction of sp³-hybridized carbons (Fsp3) is 0.0714. The van der Waals surface area contributed by atoms with Gasteiger partial charge in [-0.05, 0) is 29.8 Å². The second kappa shape index (κ2) is 4.20. The first kappa shape index (κ1) is 11.4. The van der Waals surface area contributed by atoms with Gasteiger partial charge in [-0.2, -0.15) is 0 Å². The second-order valence-electron chi connectivity index (χ2n) is 4.33. The van der Waals surface area contributed by atoms with Crippen LogP contribution in [0, 0.1) is 0 Å². The molecule has 1 aliphatic rings. The van der Waals surface area contributed by atoms with Crippen molar-refractivity contribution in [3.05, 3.63) is 47.7 Å². The molecule has 0 bridgehead atoms. The number of rotatable bonds is 2. The lowest BCUT2D eigenvalue weighted by Crippen LogP contribution is -2.03. The van der Waals surface area contributed by atoms with Gasteiger partial charge in [-0.15, -0.1) is 0 Å². The van der Waals surface area contributed by atoms with E-state index in [2.05, 4.69) is 10.3 Å². The number of carboxylic acid groups (broad SMARTS) is 1. The summed E-state index contributed by atoms with van der Waals surface area (Å²) in [5.41, 5.74) is 3.30. The van der Waals surface area contributed by atoms with Gasteiger partial charge in [-0.3, -0.25) is 9.78 Å². The number of amides is 1. The van der Waals surface area contributed by atoms with Gasteiger partial charge in [0.15, 0.2) is 0 Å². The minimum atomic E-state index is -0.985. The molecule has 0 fully saturated rings. The second-order valence-corrected chi connectivity index (χ2v) is 4.33. The van der Waals surface area contributed by atoms with Gasteiger partial charge in [0.05, 0.1) is 17.7 Å². The van der Waals surface area contributed by atoms with E-state index in [1.165, 1.54) is 18.3 Å². The maximum absolute atomic E-state index is 11.3. The van der Waals surface area contributed by atoms with E-state index in [-0.39, 0.29) is 11.5 Å². The summed E-state index contributed by atoms with van der Waals surface area (Å²) in [4.78, 5) is 26.4. The molecule has 5 nitrogen and oxygen atoms in total. The van der Waals surface area contributed by atoms with Gasteiger partial charge in [-0.1, -0.05) is 6.07 Å². The molecule has 0 unspecified atom stereocenters. The van der Waals surface area contributed by atoms with Crippen LogP contribution in [0.25, 0.3) is 11.3 Å². The number of anilines is 1. The summed E-state index contributed by atoms with van der Waals surface area (Å²) < 4.78 is 0. The zero-order chi connectivity index (χ0) is 13.4. The summed E-state index contributed by atoms with van der Waals surface area (Å²) in [6.45, 7) is 0. The molecule has 0 spiro atoms. The summed E-state index contributed by atoms with van der Waals surface area (Å²) in [7, 11) is 0. The highest BCUT2D eigenvalue weighted by atomic mass is 16.4. The molecular weight excluding hydrogens is 244 g/mol. The number of aromatic nitrogens is 1. The number of nitrogens with zero attached hydrogens (tertiary/aromatic N) is 1. The normalized spacial score (nSPS) is 12.9. The number of hydrogen-bond donors (Lipinski definition) is 2. The predicted octanol–water partition coefficient (Wildman–Crippen LogP) is 1.94. The Labute approximate surface area is 108 Å². The van der Waals surface area contributed by atoms with E-state index in [0.29, 0.717) is 12.1 Å². The van der Waals surface area contributed by atoms with Gasteiger partial charge >= 0.3 is 5.97 Å². The number of aromatic carboxylic acids is 1. The third-order valence-electron chi connectivity index (χ3n) is 3.03. The minimum Gasteiger partial charge on any atom is -0.478 e. The van der Waals surface area contributed by atoms with Crippen LogP contribution in [-0.4, -0.2) is 22.0 Å². The van der Waals surface area contributed by atoms with Gasteiger partial charge in [0, 0.05) is 17.4 Å². The Hall–Kier alpha value is -2.69. The largest absolute Gasteiger partial charge is 0.478 e. The lowest BCUT2D eigenvalue weighted by molar-refractivity contribution is -0.115. The van der Waals surface area contributed by atoms with Crippen molar-refractivity contribution in [3.63, 3.8) is 0 Å². The summed E-state index contributed by atoms with van der Waals surface area (Å²) in [5, 5.41) is 11.7. The van der Waals surface area contributed by atoms with Crippen molar-refractivity contribution in [2.75, 3.05) is 5.32 Å². The van der Waals surface area contributed by atoms with E-state index in [0.717, 1.165) is 16.8 Å². The Kier molecular flexibility index (Phi) is 2.52. The third kappa shape index (κ3) is 2.06. The molecular formula is C14H10N2O3. The first-order valence-electron chi connectivity index (χ1n) is 5.76. The van der Waals surface area contributed by atoms with Gasteiger partial charge in [0.25, 0.3) is 0 Å². The van der Waals surface area contributed by atoms with Crippen LogP contribution in [0.3, 0.4) is 0 Å². The maximum atomic E-state index is 11.3. The Morgan fingerprint density at radius 3 is 2.89 bits per heavy atom. The quantitative estimate of drug-likeness (QED) is 0.858. The first-order valence-corrected chi connectivity index (χ1v) is 5.76. The van der Waals surface area contributed by atoms with Crippen LogP contribution in [0.4, 0.5) is 5.69 Å². The van der Waals surface area contributed by atoms with Crippen molar-refractivity contribution < 1.29 is 14.7 Å². The molecule has 1 aromatic heterocycles. The number of pyridine rings is 1.